The van der Waals surface area contributed by atoms with Crippen LogP contribution < -0.4 is 0 Å². The molecule has 2 nitrogen and oxygen atoms in total. The molecule has 1 unspecified atom stereocenters. The molecule has 0 saturated carbocycles. The van der Waals surface area contributed by atoms with Crippen molar-refractivity contribution < 1.29 is 4.79 Å². The Labute approximate surface area is 109 Å². The van der Waals surface area contributed by atoms with Crippen LogP contribution in [0.2, 0.25) is 0 Å². The zero-order valence-electron chi connectivity index (χ0n) is 11.0. The van der Waals surface area contributed by atoms with E-state index in [2.05, 4.69) is 6.07 Å². The number of hydrogen-bond acceptors (Lipinski definition) is 1. The van der Waals surface area contributed by atoms with Crippen molar-refractivity contribution in [1.82, 2.24) is 4.90 Å². The highest BCUT2D eigenvalue weighted by Crippen LogP contribution is 2.11. The van der Waals surface area contributed by atoms with Crippen LogP contribution in [0.4, 0.5) is 0 Å². The highest BCUT2D eigenvalue weighted by atomic mass is 35.5. The van der Waals surface area contributed by atoms with Crippen molar-refractivity contribution in [3.63, 3.8) is 0 Å². The van der Waals surface area contributed by atoms with E-state index in [0.717, 1.165) is 23.1 Å². The number of carbonyl (C=O) groups is 1. The normalized spacial score (nSPS) is 12.3. The number of aryl methyl sites for hydroxylation is 2. The van der Waals surface area contributed by atoms with Gasteiger partial charge in [0.25, 0.3) is 5.91 Å². The molecule has 0 bridgehead atoms. The number of amides is 1. The molecule has 1 aromatic rings. The Morgan fingerprint density at radius 3 is 2.29 bits per heavy atom. The van der Waals surface area contributed by atoms with Gasteiger partial charge in [0, 0.05) is 24.5 Å². The van der Waals surface area contributed by atoms with Crippen molar-refractivity contribution in [2.45, 2.75) is 32.6 Å². The van der Waals surface area contributed by atoms with E-state index in [1.165, 1.54) is 0 Å². The molecule has 3 heteroatoms. The van der Waals surface area contributed by atoms with E-state index in [1.54, 1.807) is 4.90 Å². The van der Waals surface area contributed by atoms with Crippen LogP contribution in [-0.2, 0) is 0 Å². The fourth-order valence-electron chi connectivity index (χ4n) is 1.79. The fourth-order valence-corrected chi connectivity index (χ4v) is 1.89. The SMILES string of the molecule is Cc1cc(C)cc(C(=O)N(C)CCC(C)Cl)c1. The number of halogens is 1. The van der Waals surface area contributed by atoms with Crippen molar-refractivity contribution in [3.05, 3.63) is 34.9 Å². The third-order valence-corrected chi connectivity index (χ3v) is 2.90. The van der Waals surface area contributed by atoms with Gasteiger partial charge in [-0.15, -0.1) is 11.6 Å². The van der Waals surface area contributed by atoms with Gasteiger partial charge in [-0.25, -0.2) is 0 Å². The summed E-state index contributed by atoms with van der Waals surface area (Å²) in [6.45, 7) is 6.64. The van der Waals surface area contributed by atoms with E-state index in [-0.39, 0.29) is 11.3 Å². The second kappa shape index (κ2) is 6.06. The van der Waals surface area contributed by atoms with Crippen molar-refractivity contribution in [2.24, 2.45) is 0 Å². The minimum atomic E-state index is 0.0640. The molecule has 0 heterocycles. The molecule has 0 aliphatic heterocycles. The standard InChI is InChI=1S/C14H20ClNO/c1-10-7-11(2)9-13(8-10)14(17)16(4)6-5-12(3)15/h7-9,12H,5-6H2,1-4H3. The van der Waals surface area contributed by atoms with Gasteiger partial charge in [0.1, 0.15) is 0 Å². The van der Waals surface area contributed by atoms with Crippen LogP contribution in [0.1, 0.15) is 34.8 Å². The molecule has 1 aromatic carbocycles. The van der Waals surface area contributed by atoms with E-state index in [1.807, 2.05) is 40.0 Å². The minimum Gasteiger partial charge on any atom is -0.342 e. The average Bonchev–Trinajstić information content (AvgIpc) is 2.23. The molecule has 0 aliphatic rings. The van der Waals surface area contributed by atoms with Crippen LogP contribution in [0.25, 0.3) is 0 Å². The van der Waals surface area contributed by atoms with Crippen LogP contribution in [0, 0.1) is 13.8 Å². The predicted octanol–water partition coefficient (Wildman–Crippen LogP) is 3.39. The topological polar surface area (TPSA) is 20.3 Å². The molecule has 17 heavy (non-hydrogen) atoms. The van der Waals surface area contributed by atoms with Crippen LogP contribution in [0.3, 0.4) is 0 Å². The van der Waals surface area contributed by atoms with Gasteiger partial charge in [0.2, 0.25) is 0 Å². The third-order valence-electron chi connectivity index (χ3n) is 2.68. The number of hydrogen-bond donors (Lipinski definition) is 0. The number of alkyl halides is 1. The Kier molecular flexibility index (Phi) is 5.01. The number of benzene rings is 1. The molecule has 94 valence electrons. The first-order chi connectivity index (χ1) is 7.90. The summed E-state index contributed by atoms with van der Waals surface area (Å²) in [6.07, 6.45) is 0.814. The summed E-state index contributed by atoms with van der Waals surface area (Å²) in [4.78, 5) is 13.9. The van der Waals surface area contributed by atoms with Crippen molar-refractivity contribution in [1.29, 1.82) is 0 Å². The zero-order valence-corrected chi connectivity index (χ0v) is 11.7. The van der Waals surface area contributed by atoms with Crippen molar-refractivity contribution in [3.8, 4) is 0 Å². The maximum atomic E-state index is 12.1. The molecule has 0 radical (unpaired) electrons. The van der Waals surface area contributed by atoms with Gasteiger partial charge in [-0.1, -0.05) is 17.2 Å². The van der Waals surface area contributed by atoms with E-state index >= 15 is 0 Å². The van der Waals surface area contributed by atoms with Gasteiger partial charge in [-0.05, 0) is 39.3 Å². The van der Waals surface area contributed by atoms with E-state index in [4.69, 9.17) is 11.6 Å². The second-order valence-corrected chi connectivity index (χ2v) is 5.42. The van der Waals surface area contributed by atoms with Gasteiger partial charge < -0.3 is 4.90 Å². The molecule has 0 fully saturated rings. The first kappa shape index (κ1) is 14.0. The maximum Gasteiger partial charge on any atom is 0.253 e. The smallest absolute Gasteiger partial charge is 0.253 e. The quantitative estimate of drug-likeness (QED) is 0.754. The summed E-state index contributed by atoms with van der Waals surface area (Å²) >= 11 is 5.89. The molecule has 0 aromatic heterocycles. The molecule has 1 amide bonds. The fraction of sp³-hybridized carbons (Fsp3) is 0.500. The Morgan fingerprint density at radius 1 is 1.29 bits per heavy atom. The highest BCUT2D eigenvalue weighted by molar-refractivity contribution is 6.20. The van der Waals surface area contributed by atoms with Crippen molar-refractivity contribution >= 4 is 17.5 Å². The van der Waals surface area contributed by atoms with Gasteiger partial charge in [0.05, 0.1) is 0 Å². The van der Waals surface area contributed by atoms with E-state index < -0.39 is 0 Å². The van der Waals surface area contributed by atoms with Crippen LogP contribution in [-0.4, -0.2) is 29.8 Å². The second-order valence-electron chi connectivity index (χ2n) is 4.67. The largest absolute Gasteiger partial charge is 0.342 e. The summed E-state index contributed by atoms with van der Waals surface area (Å²) in [6, 6.07) is 5.92. The lowest BCUT2D eigenvalue weighted by atomic mass is 10.1. The summed E-state index contributed by atoms with van der Waals surface area (Å²) in [5.74, 6) is 0.0640. The molecule has 0 aliphatic carbocycles. The average molecular weight is 254 g/mol. The highest BCUT2D eigenvalue weighted by Gasteiger charge is 2.12. The molecular formula is C14H20ClNO. The third kappa shape index (κ3) is 4.39. The molecule has 0 spiro atoms. The minimum absolute atomic E-state index is 0.0640. The Morgan fingerprint density at radius 2 is 1.82 bits per heavy atom. The Balaban J connectivity index is 2.74. The van der Waals surface area contributed by atoms with Gasteiger partial charge in [0.15, 0.2) is 0 Å². The summed E-state index contributed by atoms with van der Waals surface area (Å²) < 4.78 is 0. The number of rotatable bonds is 4. The van der Waals surface area contributed by atoms with Crippen LogP contribution in [0.15, 0.2) is 18.2 Å². The van der Waals surface area contributed by atoms with Gasteiger partial charge >= 0.3 is 0 Å². The summed E-state index contributed by atoms with van der Waals surface area (Å²) in [7, 11) is 1.82. The molecular weight excluding hydrogens is 234 g/mol. The molecule has 1 atom stereocenters. The van der Waals surface area contributed by atoms with Gasteiger partial charge in [-0.2, -0.15) is 0 Å². The monoisotopic (exact) mass is 253 g/mol. The lowest BCUT2D eigenvalue weighted by Gasteiger charge is -2.18. The van der Waals surface area contributed by atoms with Gasteiger partial charge in [-0.3, -0.25) is 4.79 Å². The lowest BCUT2D eigenvalue weighted by molar-refractivity contribution is 0.0793. The predicted molar refractivity (Wildman–Crippen MR) is 72.8 cm³/mol. The molecule has 0 saturated heterocycles. The Bertz CT molecular complexity index is 381. The molecule has 0 N–H and O–H groups in total. The zero-order chi connectivity index (χ0) is 13.0. The lowest BCUT2D eigenvalue weighted by Crippen LogP contribution is -2.28. The number of nitrogens with zero attached hydrogens (tertiary/aromatic N) is 1. The molecule has 1 rings (SSSR count). The van der Waals surface area contributed by atoms with E-state index in [0.29, 0.717) is 6.54 Å². The van der Waals surface area contributed by atoms with Crippen molar-refractivity contribution in [2.75, 3.05) is 13.6 Å². The maximum absolute atomic E-state index is 12.1. The first-order valence-corrected chi connectivity index (χ1v) is 6.31. The summed E-state index contributed by atoms with van der Waals surface area (Å²) in [5.41, 5.74) is 2.99. The summed E-state index contributed by atoms with van der Waals surface area (Å²) in [5, 5.41) is 0.101. The van der Waals surface area contributed by atoms with Crippen LogP contribution >= 0.6 is 11.6 Å². The Hall–Kier alpha value is -1.02. The van der Waals surface area contributed by atoms with Crippen LogP contribution in [0.5, 0.6) is 0 Å². The first-order valence-electron chi connectivity index (χ1n) is 5.88. The van der Waals surface area contributed by atoms with E-state index in [9.17, 15) is 4.79 Å². The number of carbonyl (C=O) groups excluding carboxylic acids is 1.